The minimum atomic E-state index is -1.77. The number of H-pyrrole nitrogens is 1. The molecule has 1 aromatic heterocycles. The van der Waals surface area contributed by atoms with Gasteiger partial charge in [-0.15, -0.1) is 0 Å². The normalized spacial score (nSPS) is 18.9. The predicted octanol–water partition coefficient (Wildman–Crippen LogP) is 2.80. The molecule has 2 nitrogen and oxygen atoms in total. The van der Waals surface area contributed by atoms with Crippen molar-refractivity contribution in [2.75, 3.05) is 7.05 Å². The maximum absolute atomic E-state index is 13.9. The molecule has 6 heteroatoms. The van der Waals surface area contributed by atoms with Gasteiger partial charge in [0.2, 0.25) is 0 Å². The van der Waals surface area contributed by atoms with Gasteiger partial charge in [-0.05, 0) is 31.9 Å². The molecule has 1 aliphatic rings. The predicted molar refractivity (Wildman–Crippen MR) is 63.0 cm³/mol. The number of fused-ring (bicyclic) bond motifs is 3. The summed E-state index contributed by atoms with van der Waals surface area (Å²) in [7, 11) is 1.78. The number of benzene rings is 1. The van der Waals surface area contributed by atoms with Crippen LogP contribution in [0.3, 0.4) is 0 Å². The molecule has 0 saturated carbocycles. The summed E-state index contributed by atoms with van der Waals surface area (Å²) in [6.45, 7) is 0. The van der Waals surface area contributed by atoms with Crippen molar-refractivity contribution in [3.05, 3.63) is 34.5 Å². The fraction of sp³-hybridized carbons (Fsp3) is 0.385. The van der Waals surface area contributed by atoms with Gasteiger partial charge in [0.1, 0.15) is 0 Å². The van der Waals surface area contributed by atoms with E-state index in [1.807, 2.05) is 0 Å². The van der Waals surface area contributed by atoms with Crippen LogP contribution in [0.25, 0.3) is 10.9 Å². The Morgan fingerprint density at radius 3 is 2.42 bits per heavy atom. The van der Waals surface area contributed by atoms with E-state index in [-0.39, 0.29) is 16.9 Å². The van der Waals surface area contributed by atoms with Crippen LogP contribution >= 0.6 is 0 Å². The number of nitrogens with one attached hydrogen (secondary N) is 2. The minimum absolute atomic E-state index is 0.127. The van der Waals surface area contributed by atoms with Crippen molar-refractivity contribution in [3.63, 3.8) is 0 Å². The molecule has 0 saturated heterocycles. The Bertz CT molecular complexity index is 663. The lowest BCUT2D eigenvalue weighted by atomic mass is 9.91. The van der Waals surface area contributed by atoms with E-state index in [0.29, 0.717) is 24.1 Å². The van der Waals surface area contributed by atoms with Crippen molar-refractivity contribution < 1.29 is 17.6 Å². The maximum Gasteiger partial charge on any atom is 0.199 e. The molecular formula is C13H12F4N2. The summed E-state index contributed by atoms with van der Waals surface area (Å²) in [6.07, 6.45) is 1.87. The van der Waals surface area contributed by atoms with E-state index in [2.05, 4.69) is 10.3 Å². The lowest BCUT2D eigenvalue weighted by Crippen LogP contribution is -2.31. The Balaban J connectivity index is 2.32. The molecule has 2 N–H and O–H groups in total. The topological polar surface area (TPSA) is 27.8 Å². The fourth-order valence-corrected chi connectivity index (χ4v) is 2.76. The number of rotatable bonds is 1. The molecule has 0 aliphatic heterocycles. The zero-order valence-corrected chi connectivity index (χ0v) is 10.2. The molecule has 1 heterocycles. The fourth-order valence-electron chi connectivity index (χ4n) is 2.76. The molecule has 0 spiro atoms. The summed E-state index contributed by atoms with van der Waals surface area (Å²) in [5, 5.41) is 2.90. The van der Waals surface area contributed by atoms with Crippen molar-refractivity contribution in [1.82, 2.24) is 10.3 Å². The lowest BCUT2D eigenvalue weighted by Gasteiger charge is -2.21. The largest absolute Gasteiger partial charge is 0.356 e. The third-order valence-corrected chi connectivity index (χ3v) is 3.81. The van der Waals surface area contributed by atoms with Crippen molar-refractivity contribution in [3.8, 4) is 0 Å². The van der Waals surface area contributed by atoms with Crippen molar-refractivity contribution in [1.29, 1.82) is 0 Å². The number of aryl methyl sites for hydroxylation is 1. The van der Waals surface area contributed by atoms with Gasteiger partial charge in [0.05, 0.1) is 5.52 Å². The Morgan fingerprint density at radius 1 is 1.05 bits per heavy atom. The first-order chi connectivity index (χ1) is 9.04. The van der Waals surface area contributed by atoms with E-state index in [4.69, 9.17) is 0 Å². The first-order valence-electron chi connectivity index (χ1n) is 6.07. The van der Waals surface area contributed by atoms with Gasteiger partial charge in [-0.25, -0.2) is 17.6 Å². The molecule has 0 bridgehead atoms. The first kappa shape index (κ1) is 12.5. The molecule has 1 aromatic carbocycles. The van der Waals surface area contributed by atoms with Gasteiger partial charge in [-0.2, -0.15) is 0 Å². The van der Waals surface area contributed by atoms with Gasteiger partial charge in [-0.3, -0.25) is 0 Å². The Morgan fingerprint density at radius 2 is 1.74 bits per heavy atom. The zero-order valence-electron chi connectivity index (χ0n) is 10.2. The summed E-state index contributed by atoms with van der Waals surface area (Å²) >= 11 is 0. The maximum atomic E-state index is 13.9. The molecular weight excluding hydrogens is 260 g/mol. The number of aromatic amines is 1. The summed E-state index contributed by atoms with van der Waals surface area (Å²) in [6, 6.07) is 0.127. The molecule has 1 unspecified atom stereocenters. The number of hydrogen-bond acceptors (Lipinski definition) is 1. The summed E-state index contributed by atoms with van der Waals surface area (Å²) in [5.74, 6) is -6.19. The van der Waals surface area contributed by atoms with Crippen LogP contribution in [-0.4, -0.2) is 18.1 Å². The Hall–Kier alpha value is -1.56. The Labute approximate surface area is 106 Å². The molecule has 0 amide bonds. The van der Waals surface area contributed by atoms with Gasteiger partial charge >= 0.3 is 0 Å². The Kier molecular flexibility index (Phi) is 2.78. The van der Waals surface area contributed by atoms with E-state index >= 15 is 0 Å². The number of aromatic nitrogens is 1. The van der Waals surface area contributed by atoms with Crippen LogP contribution in [0.5, 0.6) is 0 Å². The molecule has 0 radical (unpaired) electrons. The number of halogens is 4. The van der Waals surface area contributed by atoms with E-state index in [0.717, 1.165) is 6.42 Å². The second kappa shape index (κ2) is 4.23. The van der Waals surface area contributed by atoms with Crippen LogP contribution in [0.15, 0.2) is 0 Å². The van der Waals surface area contributed by atoms with E-state index in [1.54, 1.807) is 7.05 Å². The first-order valence-corrected chi connectivity index (χ1v) is 6.07. The highest BCUT2D eigenvalue weighted by Gasteiger charge is 2.29. The van der Waals surface area contributed by atoms with Gasteiger partial charge in [0.25, 0.3) is 0 Å². The standard InChI is InChI=1S/C13H12F4N2/c1-18-5-2-3-7-6(4-5)8-9(14)10(15)11(16)12(17)13(8)19-7/h5,18-19H,2-4H2,1H3. The molecule has 102 valence electrons. The number of hydrogen-bond donors (Lipinski definition) is 2. The van der Waals surface area contributed by atoms with Crippen LogP contribution < -0.4 is 5.32 Å². The molecule has 2 aromatic rings. The van der Waals surface area contributed by atoms with Gasteiger partial charge in [0.15, 0.2) is 23.3 Å². The van der Waals surface area contributed by atoms with Crippen molar-refractivity contribution >= 4 is 10.9 Å². The highest BCUT2D eigenvalue weighted by molar-refractivity contribution is 5.86. The van der Waals surface area contributed by atoms with Crippen LogP contribution in [0, 0.1) is 23.3 Å². The van der Waals surface area contributed by atoms with Gasteiger partial charge in [-0.1, -0.05) is 0 Å². The van der Waals surface area contributed by atoms with E-state index < -0.39 is 23.3 Å². The molecule has 3 rings (SSSR count). The lowest BCUT2D eigenvalue weighted by molar-refractivity contribution is 0.417. The monoisotopic (exact) mass is 272 g/mol. The quantitative estimate of drug-likeness (QED) is 0.466. The van der Waals surface area contributed by atoms with Crippen LogP contribution in [0.2, 0.25) is 0 Å². The molecule has 0 fully saturated rings. The van der Waals surface area contributed by atoms with Crippen molar-refractivity contribution in [2.24, 2.45) is 0 Å². The van der Waals surface area contributed by atoms with E-state index in [9.17, 15) is 17.6 Å². The minimum Gasteiger partial charge on any atom is -0.356 e. The SMILES string of the molecule is CNC1CCc2[nH]c3c(F)c(F)c(F)c(F)c3c2C1. The van der Waals surface area contributed by atoms with Gasteiger partial charge in [0, 0.05) is 17.1 Å². The van der Waals surface area contributed by atoms with Crippen LogP contribution in [0.4, 0.5) is 17.6 Å². The summed E-state index contributed by atoms with van der Waals surface area (Å²) in [5.41, 5.74) is 0.915. The third kappa shape index (κ3) is 1.66. The molecule has 19 heavy (non-hydrogen) atoms. The van der Waals surface area contributed by atoms with Crippen LogP contribution in [0.1, 0.15) is 17.7 Å². The average molecular weight is 272 g/mol. The number of likely N-dealkylation sites (N-methyl/N-ethyl adjacent to an activating group) is 1. The third-order valence-electron chi connectivity index (χ3n) is 3.81. The van der Waals surface area contributed by atoms with Crippen molar-refractivity contribution in [2.45, 2.75) is 25.3 Å². The molecule has 1 atom stereocenters. The van der Waals surface area contributed by atoms with Crippen LogP contribution in [-0.2, 0) is 12.8 Å². The van der Waals surface area contributed by atoms with Gasteiger partial charge < -0.3 is 10.3 Å². The summed E-state index contributed by atoms with van der Waals surface area (Å²) in [4.78, 5) is 2.69. The smallest absolute Gasteiger partial charge is 0.199 e. The average Bonchev–Trinajstić information content (AvgIpc) is 2.81. The summed E-state index contributed by atoms with van der Waals surface area (Å²) < 4.78 is 54.1. The second-order valence-corrected chi connectivity index (χ2v) is 4.82. The highest BCUT2D eigenvalue weighted by Crippen LogP contribution is 2.34. The zero-order chi connectivity index (χ0) is 13.7. The highest BCUT2D eigenvalue weighted by atomic mass is 19.2. The second-order valence-electron chi connectivity index (χ2n) is 4.82. The van der Waals surface area contributed by atoms with E-state index in [1.165, 1.54) is 0 Å². The molecule has 1 aliphatic carbocycles.